The minimum absolute atomic E-state index is 0.154. The third-order valence-corrected chi connectivity index (χ3v) is 3.91. The Morgan fingerprint density at radius 2 is 1.77 bits per heavy atom. The van der Waals surface area contributed by atoms with Gasteiger partial charge in [-0.05, 0) is 30.3 Å². The van der Waals surface area contributed by atoms with Crippen LogP contribution in [0.1, 0.15) is 0 Å². The van der Waals surface area contributed by atoms with Gasteiger partial charge in [-0.3, -0.25) is 19.3 Å². The van der Waals surface area contributed by atoms with Gasteiger partial charge in [0.2, 0.25) is 11.8 Å². The molecule has 1 heterocycles. The van der Waals surface area contributed by atoms with Gasteiger partial charge in [-0.15, -0.1) is 11.6 Å². The summed E-state index contributed by atoms with van der Waals surface area (Å²) in [5.41, 5.74) is 1.51. The Hall–Kier alpha value is -3.06. The number of nitrogens with one attached hydrogen (secondary N) is 2. The fourth-order valence-corrected chi connectivity index (χ4v) is 2.58. The number of hydrogen-bond acceptors (Lipinski definition) is 4. The SMILES string of the molecule is O=C(CCl)Nc1ccc2c(c1)N(CC(=O)Nc1ccccc1)C(=O)CO2. The summed E-state index contributed by atoms with van der Waals surface area (Å²) in [5, 5.41) is 5.34. The largest absolute Gasteiger partial charge is 0.482 e. The van der Waals surface area contributed by atoms with Crippen molar-refractivity contribution in [3.8, 4) is 5.75 Å². The van der Waals surface area contributed by atoms with Gasteiger partial charge in [0.25, 0.3) is 5.91 Å². The van der Waals surface area contributed by atoms with E-state index in [1.807, 2.05) is 6.07 Å². The average Bonchev–Trinajstić information content (AvgIpc) is 2.65. The van der Waals surface area contributed by atoms with E-state index in [0.717, 1.165) is 0 Å². The second-order valence-electron chi connectivity index (χ2n) is 5.55. The summed E-state index contributed by atoms with van der Waals surface area (Å²) in [5.74, 6) is -0.784. The minimum Gasteiger partial charge on any atom is -0.482 e. The number of ether oxygens (including phenoxy) is 1. The van der Waals surface area contributed by atoms with Crippen molar-refractivity contribution < 1.29 is 19.1 Å². The van der Waals surface area contributed by atoms with Gasteiger partial charge in [0.15, 0.2) is 6.61 Å². The summed E-state index contributed by atoms with van der Waals surface area (Å²) in [6.07, 6.45) is 0. The van der Waals surface area contributed by atoms with E-state index in [-0.39, 0.29) is 36.8 Å². The van der Waals surface area contributed by atoms with Crippen LogP contribution in [0.5, 0.6) is 5.75 Å². The molecule has 0 aromatic heterocycles. The number of anilines is 3. The van der Waals surface area contributed by atoms with Gasteiger partial charge in [0, 0.05) is 11.4 Å². The van der Waals surface area contributed by atoms with Crippen molar-refractivity contribution >= 4 is 46.4 Å². The Morgan fingerprint density at radius 3 is 2.50 bits per heavy atom. The lowest BCUT2D eigenvalue weighted by molar-refractivity contribution is -0.123. The number of fused-ring (bicyclic) bond motifs is 1. The lowest BCUT2D eigenvalue weighted by atomic mass is 10.2. The Kier molecular flexibility index (Phi) is 5.38. The summed E-state index contributed by atoms with van der Waals surface area (Å²) < 4.78 is 5.39. The standard InChI is InChI=1S/C18H16ClN3O4/c19-9-16(23)21-13-6-7-15-14(8-13)22(18(25)11-26-15)10-17(24)20-12-4-2-1-3-5-12/h1-8H,9-11H2,(H,20,24)(H,21,23). The van der Waals surface area contributed by atoms with Gasteiger partial charge >= 0.3 is 0 Å². The van der Waals surface area contributed by atoms with Crippen molar-refractivity contribution in [2.24, 2.45) is 0 Å². The average molecular weight is 374 g/mol. The van der Waals surface area contributed by atoms with Crippen LogP contribution in [0.3, 0.4) is 0 Å². The first-order valence-corrected chi connectivity index (χ1v) is 8.38. The number of hydrogen-bond donors (Lipinski definition) is 2. The molecule has 3 amide bonds. The molecule has 0 bridgehead atoms. The molecule has 0 unspecified atom stereocenters. The fourth-order valence-electron chi connectivity index (χ4n) is 2.51. The smallest absolute Gasteiger partial charge is 0.265 e. The molecule has 3 rings (SSSR count). The molecule has 134 valence electrons. The Labute approximate surface area is 154 Å². The number of halogens is 1. The zero-order valence-corrected chi connectivity index (χ0v) is 14.5. The molecule has 0 radical (unpaired) electrons. The predicted molar refractivity (Wildman–Crippen MR) is 98.7 cm³/mol. The molecule has 0 spiro atoms. The maximum atomic E-state index is 12.3. The van der Waals surface area contributed by atoms with Crippen LogP contribution >= 0.6 is 11.6 Å². The van der Waals surface area contributed by atoms with Crippen LogP contribution in [0.25, 0.3) is 0 Å². The molecule has 7 nitrogen and oxygen atoms in total. The van der Waals surface area contributed by atoms with E-state index in [2.05, 4.69) is 10.6 Å². The summed E-state index contributed by atoms with van der Waals surface area (Å²) >= 11 is 5.49. The molecular formula is C18H16ClN3O4. The number of rotatable bonds is 5. The second kappa shape index (κ2) is 7.88. The third-order valence-electron chi connectivity index (χ3n) is 3.67. The number of carbonyl (C=O) groups is 3. The number of carbonyl (C=O) groups excluding carboxylic acids is 3. The monoisotopic (exact) mass is 373 g/mol. The molecule has 0 atom stereocenters. The third kappa shape index (κ3) is 4.12. The van der Waals surface area contributed by atoms with E-state index in [1.165, 1.54) is 4.90 Å². The summed E-state index contributed by atoms with van der Waals surface area (Å²) in [4.78, 5) is 37.3. The Bertz CT molecular complexity index is 842. The van der Waals surface area contributed by atoms with Gasteiger partial charge in [-0.1, -0.05) is 18.2 Å². The molecule has 0 saturated heterocycles. The van der Waals surface area contributed by atoms with Gasteiger partial charge in [0.1, 0.15) is 18.2 Å². The van der Waals surface area contributed by atoms with Crippen molar-refractivity contribution in [3.63, 3.8) is 0 Å². The maximum Gasteiger partial charge on any atom is 0.265 e. The molecule has 8 heteroatoms. The number of para-hydroxylation sites is 1. The van der Waals surface area contributed by atoms with Crippen molar-refractivity contribution in [1.29, 1.82) is 0 Å². The van der Waals surface area contributed by atoms with Crippen molar-refractivity contribution in [2.45, 2.75) is 0 Å². The number of alkyl halides is 1. The van der Waals surface area contributed by atoms with Crippen molar-refractivity contribution in [2.75, 3.05) is 34.6 Å². The van der Waals surface area contributed by atoms with E-state index >= 15 is 0 Å². The second-order valence-corrected chi connectivity index (χ2v) is 5.81. The van der Waals surface area contributed by atoms with Gasteiger partial charge in [0.05, 0.1) is 5.69 Å². The quantitative estimate of drug-likeness (QED) is 0.787. The van der Waals surface area contributed by atoms with Crippen LogP contribution in [0.4, 0.5) is 17.1 Å². The molecule has 1 aliphatic rings. The Balaban J connectivity index is 1.79. The predicted octanol–water partition coefficient (Wildman–Crippen LogP) is 2.23. The number of nitrogens with zero attached hydrogens (tertiary/aromatic N) is 1. The first-order chi connectivity index (χ1) is 12.6. The van der Waals surface area contributed by atoms with Crippen LogP contribution in [0, 0.1) is 0 Å². The number of amides is 3. The fraction of sp³-hybridized carbons (Fsp3) is 0.167. The summed E-state index contributed by atoms with van der Waals surface area (Å²) in [7, 11) is 0. The molecule has 2 aromatic carbocycles. The van der Waals surface area contributed by atoms with E-state index < -0.39 is 0 Å². The van der Waals surface area contributed by atoms with E-state index in [4.69, 9.17) is 16.3 Å². The first kappa shape index (κ1) is 17.8. The minimum atomic E-state index is -0.372. The topological polar surface area (TPSA) is 87.7 Å². The van der Waals surface area contributed by atoms with Crippen molar-refractivity contribution in [1.82, 2.24) is 0 Å². The van der Waals surface area contributed by atoms with Crippen LogP contribution in [-0.2, 0) is 14.4 Å². The molecular weight excluding hydrogens is 358 g/mol. The van der Waals surface area contributed by atoms with Crippen molar-refractivity contribution in [3.05, 3.63) is 48.5 Å². The highest BCUT2D eigenvalue weighted by Gasteiger charge is 2.27. The highest BCUT2D eigenvalue weighted by molar-refractivity contribution is 6.29. The summed E-state index contributed by atoms with van der Waals surface area (Å²) in [6, 6.07) is 13.8. The maximum absolute atomic E-state index is 12.3. The molecule has 0 fully saturated rings. The van der Waals surface area contributed by atoms with Crippen LogP contribution in [0.15, 0.2) is 48.5 Å². The van der Waals surface area contributed by atoms with Crippen LogP contribution < -0.4 is 20.3 Å². The van der Waals surface area contributed by atoms with Gasteiger partial charge in [-0.25, -0.2) is 0 Å². The molecule has 0 aliphatic carbocycles. The van der Waals surface area contributed by atoms with Gasteiger partial charge < -0.3 is 15.4 Å². The van der Waals surface area contributed by atoms with E-state index in [9.17, 15) is 14.4 Å². The first-order valence-electron chi connectivity index (χ1n) is 7.85. The molecule has 0 saturated carbocycles. The van der Waals surface area contributed by atoms with E-state index in [0.29, 0.717) is 22.8 Å². The molecule has 26 heavy (non-hydrogen) atoms. The van der Waals surface area contributed by atoms with Crippen LogP contribution in [0.2, 0.25) is 0 Å². The molecule has 2 N–H and O–H groups in total. The van der Waals surface area contributed by atoms with Crippen LogP contribution in [-0.4, -0.2) is 36.8 Å². The summed E-state index contributed by atoms with van der Waals surface area (Å²) in [6.45, 7) is -0.323. The number of benzene rings is 2. The highest BCUT2D eigenvalue weighted by Crippen LogP contribution is 2.34. The van der Waals surface area contributed by atoms with E-state index in [1.54, 1.807) is 42.5 Å². The zero-order valence-electron chi connectivity index (χ0n) is 13.7. The normalized spacial score (nSPS) is 12.8. The Morgan fingerprint density at radius 1 is 1.04 bits per heavy atom. The zero-order chi connectivity index (χ0) is 18.5. The lowest BCUT2D eigenvalue weighted by Gasteiger charge is -2.29. The molecule has 1 aliphatic heterocycles. The lowest BCUT2D eigenvalue weighted by Crippen LogP contribution is -2.43. The van der Waals surface area contributed by atoms with Gasteiger partial charge in [-0.2, -0.15) is 0 Å². The molecule has 2 aromatic rings. The highest BCUT2D eigenvalue weighted by atomic mass is 35.5.